The number of rotatable bonds is 39. The minimum Gasteiger partial charge on any atom is -0.370 e. The van der Waals surface area contributed by atoms with Crippen LogP contribution in [0.3, 0.4) is 0 Å². The number of primary amides is 1. The maximum Gasteiger partial charge on any atom is 0.264 e. The van der Waals surface area contributed by atoms with E-state index < -0.39 is 66.2 Å². The van der Waals surface area contributed by atoms with Crippen molar-refractivity contribution in [1.29, 1.82) is 0 Å². The third-order valence-corrected chi connectivity index (χ3v) is 12.5. The lowest BCUT2D eigenvalue weighted by Gasteiger charge is -2.26. The van der Waals surface area contributed by atoms with Gasteiger partial charge in [0, 0.05) is 74.3 Å². The summed E-state index contributed by atoms with van der Waals surface area (Å²) >= 11 is 0. The van der Waals surface area contributed by atoms with E-state index in [4.69, 9.17) is 17.2 Å². The molecule has 0 aliphatic heterocycles. The molecule has 0 aliphatic rings. The Labute approximate surface area is 451 Å². The van der Waals surface area contributed by atoms with Gasteiger partial charge in [0.15, 0.2) is 5.96 Å². The Balaban J connectivity index is 1.27. The monoisotopic (exact) mass is 1060 g/mol. The number of fused-ring (bicyclic) bond motifs is 1. The zero-order chi connectivity index (χ0) is 55.5. The standard InChI is InChI=1S/C55H81N15O7/c1-2-3-4-5-6-7-8-9-10-11-12-13-17-27-48(71)60-29-21-30-61-49(72)36-65-66-37-50(73)67-47(33-41-35-59-38-64-41)54(77)70-46(31-39-22-15-14-16-23-39)53(76)68-44(26-20-28-62-55(57)58)52(75)69-45(51(56)74)32-40-34-63-43-25-19-18-24-42(40)43/h7-8,14-16,18-19,22-25,34-36,38,44-47,63,66H,2-6,9-13,17,20-21,26-33,37H2,1H3,(H2,56,74)(H,59,64)(H,60,71)(H,61,72)(H,67,73)(H,68,76)(H,69,75)(H,70,77)(H4,57,58,62)/b8-7-,65-36+/t44-,45-,46+,47-/m0/s1. The Morgan fingerprint density at radius 1 is 0.649 bits per heavy atom. The van der Waals surface area contributed by atoms with Crippen LogP contribution in [0.1, 0.15) is 120 Å². The molecule has 0 saturated carbocycles. The number of aromatic amines is 2. The number of carbonyl (C=O) groups excluding carboxylic acids is 7. The van der Waals surface area contributed by atoms with Crippen LogP contribution in [0.5, 0.6) is 0 Å². The Kier molecular flexibility index (Phi) is 28.8. The van der Waals surface area contributed by atoms with Gasteiger partial charge < -0.3 is 64.5 Å². The molecule has 0 bridgehead atoms. The number of unbranched alkanes of at least 4 members (excludes halogenated alkanes) is 9. The topological polar surface area (TPSA) is 351 Å². The Bertz CT molecular complexity index is 2510. The molecule has 15 N–H and O–H groups in total. The third kappa shape index (κ3) is 25.4. The molecule has 22 nitrogen and oxygen atoms in total. The number of allylic oxidation sites excluding steroid dienone is 2. The van der Waals surface area contributed by atoms with Crippen LogP contribution in [0.25, 0.3) is 10.9 Å². The van der Waals surface area contributed by atoms with Crippen molar-refractivity contribution < 1.29 is 33.6 Å². The molecular formula is C55H81N15O7. The molecule has 2 aromatic heterocycles. The van der Waals surface area contributed by atoms with E-state index in [0.717, 1.165) is 54.8 Å². The molecule has 7 amide bonds. The minimum atomic E-state index is -1.28. The third-order valence-electron chi connectivity index (χ3n) is 12.5. The van der Waals surface area contributed by atoms with Crippen LogP contribution in [0.4, 0.5) is 0 Å². The number of aliphatic imine (C=N–C) groups is 1. The highest BCUT2D eigenvalue weighted by Crippen LogP contribution is 2.19. The molecule has 2 aromatic carbocycles. The number of nitrogens with one attached hydrogen (secondary N) is 9. The van der Waals surface area contributed by atoms with Crippen molar-refractivity contribution in [2.24, 2.45) is 27.3 Å². The SMILES string of the molecule is CCCCCC/C=C\CCCCCCCC(=O)NCCCNC(=O)/C=N/NCC(=O)N[C@@H](Cc1cnc[nH]1)C(=O)N[C@H](Cc1ccccc1)C(=O)N[C@@H](CCCN=C(N)N)C(=O)N[C@@H](Cc1c[nH]c2ccccc12)C(N)=O. The molecular weight excluding hydrogens is 983 g/mol. The van der Waals surface area contributed by atoms with Crippen molar-refractivity contribution in [1.82, 2.24) is 52.3 Å². The zero-order valence-corrected chi connectivity index (χ0v) is 44.5. The molecule has 418 valence electrons. The number of benzene rings is 2. The van der Waals surface area contributed by atoms with E-state index in [0.29, 0.717) is 37.2 Å². The summed E-state index contributed by atoms with van der Waals surface area (Å²) in [7, 11) is 0. The molecule has 4 aromatic rings. The van der Waals surface area contributed by atoms with Crippen molar-refractivity contribution in [3.8, 4) is 0 Å². The molecule has 0 spiro atoms. The summed E-state index contributed by atoms with van der Waals surface area (Å²) in [6.07, 6.45) is 24.2. The average Bonchev–Trinajstić information content (AvgIpc) is 4.09. The van der Waals surface area contributed by atoms with Gasteiger partial charge in [-0.3, -0.25) is 38.6 Å². The fourth-order valence-corrected chi connectivity index (χ4v) is 8.35. The van der Waals surface area contributed by atoms with Gasteiger partial charge in [-0.1, -0.05) is 106 Å². The van der Waals surface area contributed by atoms with E-state index >= 15 is 0 Å². The summed E-state index contributed by atoms with van der Waals surface area (Å²) in [5.74, 6) is -4.31. The fraction of sp³-hybridized carbons (Fsp3) is 0.491. The highest BCUT2D eigenvalue weighted by atomic mass is 16.2. The van der Waals surface area contributed by atoms with Gasteiger partial charge in [0.1, 0.15) is 36.9 Å². The summed E-state index contributed by atoms with van der Waals surface area (Å²) in [5, 5.41) is 21.1. The fourth-order valence-electron chi connectivity index (χ4n) is 8.35. The van der Waals surface area contributed by atoms with Crippen molar-refractivity contribution in [3.05, 3.63) is 102 Å². The van der Waals surface area contributed by atoms with E-state index in [1.807, 2.05) is 24.3 Å². The number of nitrogens with two attached hydrogens (primary N) is 3. The largest absolute Gasteiger partial charge is 0.370 e. The number of hydrogen-bond acceptors (Lipinski definition) is 11. The average molecular weight is 1060 g/mol. The summed E-state index contributed by atoms with van der Waals surface area (Å²) in [5.41, 5.74) is 22.1. The van der Waals surface area contributed by atoms with Gasteiger partial charge >= 0.3 is 0 Å². The van der Waals surface area contributed by atoms with Crippen LogP contribution < -0.4 is 54.5 Å². The zero-order valence-electron chi connectivity index (χ0n) is 44.5. The molecule has 0 unspecified atom stereocenters. The Morgan fingerprint density at radius 2 is 1.30 bits per heavy atom. The smallest absolute Gasteiger partial charge is 0.264 e. The summed E-state index contributed by atoms with van der Waals surface area (Å²) < 4.78 is 0. The number of hydrogen-bond donors (Lipinski definition) is 12. The highest BCUT2D eigenvalue weighted by Gasteiger charge is 2.32. The number of aromatic nitrogens is 3. The molecule has 0 saturated heterocycles. The summed E-state index contributed by atoms with van der Waals surface area (Å²) in [6.45, 7) is 2.64. The quantitative estimate of drug-likeness (QED) is 0.0101. The molecule has 0 radical (unpaired) electrons. The maximum absolute atomic E-state index is 14.3. The van der Waals surface area contributed by atoms with Crippen molar-refractivity contribution >= 4 is 64.4 Å². The van der Waals surface area contributed by atoms with Crippen LogP contribution >= 0.6 is 0 Å². The normalized spacial score (nSPS) is 12.8. The first-order chi connectivity index (χ1) is 37.3. The van der Waals surface area contributed by atoms with Gasteiger partial charge in [-0.15, -0.1) is 0 Å². The first kappa shape index (κ1) is 61.5. The molecule has 22 heteroatoms. The predicted molar refractivity (Wildman–Crippen MR) is 299 cm³/mol. The molecule has 0 aliphatic carbocycles. The van der Waals surface area contributed by atoms with Crippen molar-refractivity contribution in [3.63, 3.8) is 0 Å². The Morgan fingerprint density at radius 3 is 2.01 bits per heavy atom. The van der Waals surface area contributed by atoms with E-state index in [9.17, 15) is 33.6 Å². The number of carbonyl (C=O) groups is 7. The number of para-hydroxylation sites is 1. The number of nitrogens with zero attached hydrogens (tertiary/aromatic N) is 3. The molecule has 0 fully saturated rings. The second kappa shape index (κ2) is 36.0. The van der Waals surface area contributed by atoms with Crippen LogP contribution in [0, 0.1) is 0 Å². The Hall–Kier alpha value is -8.04. The number of guanidine groups is 1. The first-order valence-corrected chi connectivity index (χ1v) is 26.9. The second-order valence-electron chi connectivity index (χ2n) is 18.9. The maximum atomic E-state index is 14.3. The number of amides is 7. The van der Waals surface area contributed by atoms with Crippen LogP contribution in [-0.2, 0) is 52.8 Å². The summed E-state index contributed by atoms with van der Waals surface area (Å²) in [4.78, 5) is 107. The van der Waals surface area contributed by atoms with Gasteiger partial charge in [-0.2, -0.15) is 5.10 Å². The van der Waals surface area contributed by atoms with E-state index in [2.05, 4.69) is 81.4 Å². The van der Waals surface area contributed by atoms with Crippen LogP contribution in [0.2, 0.25) is 0 Å². The number of hydrazone groups is 1. The van der Waals surface area contributed by atoms with Crippen LogP contribution in [0.15, 0.2) is 95.6 Å². The van der Waals surface area contributed by atoms with E-state index in [1.165, 1.54) is 51.0 Å². The molecule has 77 heavy (non-hydrogen) atoms. The van der Waals surface area contributed by atoms with Crippen molar-refractivity contribution in [2.75, 3.05) is 26.2 Å². The van der Waals surface area contributed by atoms with Gasteiger partial charge in [0.25, 0.3) is 5.91 Å². The van der Waals surface area contributed by atoms with Gasteiger partial charge in [0.05, 0.1) is 6.33 Å². The van der Waals surface area contributed by atoms with Crippen LogP contribution in [-0.4, -0.2) is 119 Å². The van der Waals surface area contributed by atoms with Gasteiger partial charge in [0.2, 0.25) is 35.4 Å². The molecule has 4 rings (SSSR count). The predicted octanol–water partition coefficient (Wildman–Crippen LogP) is 2.85. The lowest BCUT2D eigenvalue weighted by Crippen LogP contribution is -2.59. The van der Waals surface area contributed by atoms with Crippen molar-refractivity contribution in [2.45, 2.75) is 147 Å². The second-order valence-corrected chi connectivity index (χ2v) is 18.9. The minimum absolute atomic E-state index is 0.0116. The molecule has 2 heterocycles. The lowest BCUT2D eigenvalue weighted by molar-refractivity contribution is -0.134. The van der Waals surface area contributed by atoms with Gasteiger partial charge in [-0.25, -0.2) is 4.98 Å². The summed E-state index contributed by atoms with van der Waals surface area (Å²) in [6, 6.07) is 11.4. The molecule has 4 atom stereocenters. The van der Waals surface area contributed by atoms with E-state index in [-0.39, 0.29) is 50.5 Å². The first-order valence-electron chi connectivity index (χ1n) is 26.9. The number of H-pyrrole nitrogens is 2. The number of imidazole rings is 1. The lowest BCUT2D eigenvalue weighted by atomic mass is 10.0. The van der Waals surface area contributed by atoms with Gasteiger partial charge in [-0.05, 0) is 68.6 Å². The highest BCUT2D eigenvalue weighted by molar-refractivity contribution is 6.26. The van der Waals surface area contributed by atoms with E-state index in [1.54, 1.807) is 36.5 Å².